The highest BCUT2D eigenvalue weighted by Crippen LogP contribution is 2.19. The molecule has 0 amide bonds. The molecule has 0 aromatic heterocycles. The minimum Gasteiger partial charge on any atom is -0.497 e. The lowest BCUT2D eigenvalue weighted by Crippen LogP contribution is -2.12. The molecule has 2 aromatic rings. The first-order chi connectivity index (χ1) is 12.2. The van der Waals surface area contributed by atoms with Gasteiger partial charge in [0.05, 0.1) is 33.5 Å². The number of benzene rings is 2. The smallest absolute Gasteiger partial charge is 0.177 e. The fourth-order valence-electron chi connectivity index (χ4n) is 2.66. The number of hydrogen-bond donors (Lipinski definition) is 0. The first-order valence-electron chi connectivity index (χ1n) is 8.42. The first-order valence-corrected chi connectivity index (χ1v) is 8.42. The molecule has 1 aliphatic rings. The van der Waals surface area contributed by atoms with Gasteiger partial charge in [0.2, 0.25) is 0 Å². The topological polar surface area (TPSA) is 36.9 Å². The molecule has 0 spiro atoms. The van der Waals surface area contributed by atoms with E-state index < -0.39 is 0 Å². The number of methoxy groups -OCH3 is 1. The van der Waals surface area contributed by atoms with E-state index in [0.29, 0.717) is 26.4 Å². The summed E-state index contributed by atoms with van der Waals surface area (Å²) >= 11 is 0. The average molecular weight is 340 g/mol. The van der Waals surface area contributed by atoms with Crippen LogP contribution < -0.4 is 4.74 Å². The molecular formula is C21H24O4. The number of fused-ring (bicyclic) bond motifs is 1. The Morgan fingerprint density at radius 1 is 1.04 bits per heavy atom. The molecular weight excluding hydrogens is 316 g/mol. The van der Waals surface area contributed by atoms with Gasteiger partial charge in [-0.25, -0.2) is 0 Å². The highest BCUT2D eigenvalue weighted by molar-refractivity contribution is 5.27. The van der Waals surface area contributed by atoms with Crippen molar-refractivity contribution in [3.05, 3.63) is 76.9 Å². The number of ether oxygens (including phenoxy) is 4. The Kier molecular flexibility index (Phi) is 6.23. The lowest BCUT2D eigenvalue weighted by Gasteiger charge is -2.13. The Morgan fingerprint density at radius 3 is 2.28 bits per heavy atom. The maximum absolute atomic E-state index is 5.82. The molecule has 0 fully saturated rings. The van der Waals surface area contributed by atoms with Gasteiger partial charge in [-0.1, -0.05) is 36.4 Å². The van der Waals surface area contributed by atoms with E-state index in [1.165, 1.54) is 11.1 Å². The van der Waals surface area contributed by atoms with Crippen molar-refractivity contribution < 1.29 is 18.9 Å². The minimum absolute atomic E-state index is 0.336. The van der Waals surface area contributed by atoms with Gasteiger partial charge in [-0.15, -0.1) is 0 Å². The van der Waals surface area contributed by atoms with Crippen LogP contribution in [0, 0.1) is 0 Å². The van der Waals surface area contributed by atoms with Crippen molar-refractivity contribution in [3.63, 3.8) is 0 Å². The van der Waals surface area contributed by atoms with Crippen LogP contribution in [0.4, 0.5) is 0 Å². The third-order valence-electron chi connectivity index (χ3n) is 4.10. The lowest BCUT2D eigenvalue weighted by atomic mass is 10.1. The first kappa shape index (κ1) is 17.7. The SMILES string of the molecule is COc1ccc(COC/C(C)=C/C2OCc3ccccc3CO2)cc1. The Labute approximate surface area is 149 Å². The number of rotatable bonds is 6. The monoisotopic (exact) mass is 340 g/mol. The van der Waals surface area contributed by atoms with E-state index in [2.05, 4.69) is 12.1 Å². The summed E-state index contributed by atoms with van der Waals surface area (Å²) in [6, 6.07) is 16.1. The molecule has 1 aliphatic heterocycles. The molecule has 0 atom stereocenters. The standard InChI is InChI=1S/C21H24O4/c1-16(12-23-13-17-7-9-20(22-2)10-8-17)11-21-24-14-18-5-3-4-6-19(18)15-25-21/h3-11,21H,12-15H2,1-2H3/b16-11+. The molecule has 25 heavy (non-hydrogen) atoms. The maximum atomic E-state index is 5.82. The van der Waals surface area contributed by atoms with Crippen molar-refractivity contribution in [2.24, 2.45) is 0 Å². The van der Waals surface area contributed by atoms with E-state index in [1.807, 2.05) is 49.4 Å². The second-order valence-corrected chi connectivity index (χ2v) is 6.11. The van der Waals surface area contributed by atoms with Gasteiger partial charge in [0.1, 0.15) is 5.75 Å². The van der Waals surface area contributed by atoms with Crippen molar-refractivity contribution in [2.45, 2.75) is 33.0 Å². The van der Waals surface area contributed by atoms with E-state index in [9.17, 15) is 0 Å². The molecule has 0 aliphatic carbocycles. The van der Waals surface area contributed by atoms with E-state index in [-0.39, 0.29) is 6.29 Å². The van der Waals surface area contributed by atoms with Crippen LogP contribution in [0.3, 0.4) is 0 Å². The summed E-state index contributed by atoms with van der Waals surface area (Å²) in [7, 11) is 1.66. The van der Waals surface area contributed by atoms with Gasteiger partial charge in [-0.2, -0.15) is 0 Å². The Hall–Kier alpha value is -2.14. The van der Waals surface area contributed by atoms with Crippen molar-refractivity contribution in [1.29, 1.82) is 0 Å². The molecule has 1 heterocycles. The van der Waals surface area contributed by atoms with Crippen molar-refractivity contribution in [1.82, 2.24) is 0 Å². The van der Waals surface area contributed by atoms with E-state index in [1.54, 1.807) is 7.11 Å². The Morgan fingerprint density at radius 2 is 1.68 bits per heavy atom. The van der Waals surface area contributed by atoms with Crippen molar-refractivity contribution in [3.8, 4) is 5.75 Å². The van der Waals surface area contributed by atoms with Gasteiger partial charge in [0.25, 0.3) is 0 Å². The van der Waals surface area contributed by atoms with Crippen LogP contribution in [0.2, 0.25) is 0 Å². The largest absolute Gasteiger partial charge is 0.497 e. The van der Waals surface area contributed by atoms with Crippen LogP contribution in [0.5, 0.6) is 5.75 Å². The molecule has 132 valence electrons. The zero-order valence-corrected chi connectivity index (χ0v) is 14.7. The van der Waals surface area contributed by atoms with Crippen LogP contribution in [-0.2, 0) is 34.0 Å². The maximum Gasteiger partial charge on any atom is 0.177 e. The normalized spacial score (nSPS) is 15.5. The summed E-state index contributed by atoms with van der Waals surface area (Å²) < 4.78 is 22.6. The molecule has 0 unspecified atom stereocenters. The summed E-state index contributed by atoms with van der Waals surface area (Å²) in [5, 5.41) is 0. The molecule has 0 radical (unpaired) electrons. The zero-order chi connectivity index (χ0) is 17.5. The molecule has 0 saturated heterocycles. The van der Waals surface area contributed by atoms with Gasteiger partial charge in [0, 0.05) is 0 Å². The predicted octanol–water partition coefficient (Wildman–Crippen LogP) is 4.23. The van der Waals surface area contributed by atoms with Crippen molar-refractivity contribution >= 4 is 0 Å². The van der Waals surface area contributed by atoms with Crippen LogP contribution in [0.25, 0.3) is 0 Å². The second-order valence-electron chi connectivity index (χ2n) is 6.11. The van der Waals surface area contributed by atoms with Gasteiger partial charge in [-0.05, 0) is 47.4 Å². The lowest BCUT2D eigenvalue weighted by molar-refractivity contribution is -0.118. The fourth-order valence-corrected chi connectivity index (χ4v) is 2.66. The minimum atomic E-state index is -0.336. The highest BCUT2D eigenvalue weighted by Gasteiger charge is 2.14. The summed E-state index contributed by atoms with van der Waals surface area (Å²) in [5.41, 5.74) is 4.58. The zero-order valence-electron chi connectivity index (χ0n) is 14.7. The van der Waals surface area contributed by atoms with E-state index >= 15 is 0 Å². The highest BCUT2D eigenvalue weighted by atomic mass is 16.7. The second kappa shape index (κ2) is 8.81. The third-order valence-corrected chi connectivity index (χ3v) is 4.10. The van der Waals surface area contributed by atoms with Gasteiger partial charge >= 0.3 is 0 Å². The van der Waals surface area contributed by atoms with Crippen molar-refractivity contribution in [2.75, 3.05) is 13.7 Å². The average Bonchev–Trinajstić information content (AvgIpc) is 2.85. The quantitative estimate of drug-likeness (QED) is 0.738. The number of hydrogen-bond acceptors (Lipinski definition) is 4. The molecule has 0 saturated carbocycles. The molecule has 4 heteroatoms. The van der Waals surface area contributed by atoms with Crippen LogP contribution in [0.15, 0.2) is 60.2 Å². The van der Waals surface area contributed by atoms with E-state index in [0.717, 1.165) is 16.9 Å². The van der Waals surface area contributed by atoms with Crippen LogP contribution >= 0.6 is 0 Å². The van der Waals surface area contributed by atoms with Gasteiger partial charge < -0.3 is 18.9 Å². The summed E-state index contributed by atoms with van der Waals surface area (Å²) in [6.07, 6.45) is 1.65. The molecule has 4 nitrogen and oxygen atoms in total. The molecule has 3 rings (SSSR count). The predicted molar refractivity (Wildman–Crippen MR) is 96.2 cm³/mol. The van der Waals surface area contributed by atoms with Crippen LogP contribution in [-0.4, -0.2) is 20.0 Å². The third kappa shape index (κ3) is 5.16. The molecule has 0 bridgehead atoms. The molecule has 2 aromatic carbocycles. The van der Waals surface area contributed by atoms with Crippen LogP contribution in [0.1, 0.15) is 23.6 Å². The summed E-state index contributed by atoms with van der Waals surface area (Å²) in [4.78, 5) is 0. The van der Waals surface area contributed by atoms with Gasteiger partial charge in [0.15, 0.2) is 6.29 Å². The van der Waals surface area contributed by atoms with E-state index in [4.69, 9.17) is 18.9 Å². The Bertz CT molecular complexity index is 679. The summed E-state index contributed by atoms with van der Waals surface area (Å²) in [5.74, 6) is 0.850. The fraction of sp³-hybridized carbons (Fsp3) is 0.333. The molecule has 0 N–H and O–H groups in total. The Balaban J connectivity index is 1.47. The van der Waals surface area contributed by atoms with Gasteiger partial charge in [-0.3, -0.25) is 0 Å². The summed E-state index contributed by atoms with van der Waals surface area (Å²) in [6.45, 7) is 4.27.